The van der Waals surface area contributed by atoms with Crippen LogP contribution in [0.4, 0.5) is 5.69 Å². The molecule has 1 aromatic rings. The molecule has 2 amide bonds. The van der Waals surface area contributed by atoms with Gasteiger partial charge in [0.1, 0.15) is 5.02 Å². The first-order chi connectivity index (χ1) is 11.2. The van der Waals surface area contributed by atoms with E-state index in [9.17, 15) is 19.7 Å². The van der Waals surface area contributed by atoms with Crippen molar-refractivity contribution in [1.82, 2.24) is 10.7 Å². The molecule has 130 valence electrons. The molecule has 8 nitrogen and oxygen atoms in total. The number of hydrogen-bond acceptors (Lipinski definition) is 5. The molecule has 1 atom stereocenters. The molecule has 0 aliphatic heterocycles. The monoisotopic (exact) mass is 354 g/mol. The molecule has 2 N–H and O–H groups in total. The minimum atomic E-state index is -0.637. The Kier molecular flexibility index (Phi) is 7.31. The number of hydrogen-bond donors (Lipinski definition) is 2. The molecule has 0 heterocycles. The highest BCUT2D eigenvalue weighted by atomic mass is 35.5. The lowest BCUT2D eigenvalue weighted by Crippen LogP contribution is -2.33. The first-order valence-corrected chi connectivity index (χ1v) is 7.69. The van der Waals surface area contributed by atoms with Crippen LogP contribution in [0.3, 0.4) is 0 Å². The number of hydrazone groups is 1. The van der Waals surface area contributed by atoms with Crippen LogP contribution in [0.2, 0.25) is 5.02 Å². The zero-order valence-corrected chi connectivity index (χ0v) is 14.4. The average molecular weight is 355 g/mol. The minimum Gasteiger partial charge on any atom is -0.353 e. The van der Waals surface area contributed by atoms with Crippen molar-refractivity contribution in [2.24, 2.45) is 5.10 Å². The van der Waals surface area contributed by atoms with Gasteiger partial charge in [0.2, 0.25) is 5.91 Å². The van der Waals surface area contributed by atoms with Gasteiger partial charge in [-0.3, -0.25) is 19.7 Å². The Morgan fingerprint density at radius 3 is 2.62 bits per heavy atom. The number of halogens is 1. The Balaban J connectivity index is 2.66. The number of nitrogens with zero attached hydrogens (tertiary/aromatic N) is 2. The predicted molar refractivity (Wildman–Crippen MR) is 91.2 cm³/mol. The first-order valence-electron chi connectivity index (χ1n) is 7.31. The van der Waals surface area contributed by atoms with Gasteiger partial charge in [0.15, 0.2) is 0 Å². The summed E-state index contributed by atoms with van der Waals surface area (Å²) in [4.78, 5) is 33.7. The Bertz CT molecular complexity index is 675. The van der Waals surface area contributed by atoms with Crippen molar-refractivity contribution >= 4 is 34.8 Å². The average Bonchev–Trinajstić information content (AvgIpc) is 2.51. The number of nitrogens with one attached hydrogen (secondary N) is 2. The summed E-state index contributed by atoms with van der Waals surface area (Å²) in [6.07, 6.45) is 0.880. The second-order valence-corrected chi connectivity index (χ2v) is 5.67. The Hall–Kier alpha value is -2.48. The van der Waals surface area contributed by atoms with Crippen LogP contribution >= 0.6 is 11.6 Å². The van der Waals surface area contributed by atoms with Gasteiger partial charge >= 0.3 is 0 Å². The molecular formula is C15H19ClN4O4. The van der Waals surface area contributed by atoms with Crippen molar-refractivity contribution < 1.29 is 14.5 Å². The van der Waals surface area contributed by atoms with Crippen molar-refractivity contribution in [3.8, 4) is 0 Å². The molecule has 0 aromatic heterocycles. The van der Waals surface area contributed by atoms with E-state index >= 15 is 0 Å². The van der Waals surface area contributed by atoms with Gasteiger partial charge in [-0.15, -0.1) is 0 Å². The van der Waals surface area contributed by atoms with E-state index in [2.05, 4.69) is 15.8 Å². The largest absolute Gasteiger partial charge is 0.353 e. The van der Waals surface area contributed by atoms with Crippen LogP contribution in [0, 0.1) is 10.1 Å². The Labute approximate surface area is 144 Å². The van der Waals surface area contributed by atoms with Crippen molar-refractivity contribution in [2.75, 3.05) is 0 Å². The number of rotatable bonds is 7. The van der Waals surface area contributed by atoms with Gasteiger partial charge in [0, 0.05) is 23.4 Å². The summed E-state index contributed by atoms with van der Waals surface area (Å²) in [6, 6.07) is 3.69. The third-order valence-corrected chi connectivity index (χ3v) is 3.49. The Morgan fingerprint density at radius 2 is 2.08 bits per heavy atom. The van der Waals surface area contributed by atoms with Gasteiger partial charge in [-0.1, -0.05) is 18.5 Å². The smallest absolute Gasteiger partial charge is 0.287 e. The van der Waals surface area contributed by atoms with Crippen LogP contribution in [0.25, 0.3) is 0 Å². The molecule has 0 aliphatic rings. The fourth-order valence-electron chi connectivity index (χ4n) is 1.71. The number of benzene rings is 1. The summed E-state index contributed by atoms with van der Waals surface area (Å²) in [5.74, 6) is -0.758. The predicted octanol–water partition coefficient (Wildman–Crippen LogP) is 2.66. The number of nitro benzene ring substituents is 1. The maximum atomic E-state index is 11.9. The van der Waals surface area contributed by atoms with Gasteiger partial charge in [0.25, 0.3) is 11.6 Å². The summed E-state index contributed by atoms with van der Waals surface area (Å²) in [5.41, 5.74) is 2.56. The maximum absolute atomic E-state index is 11.9. The lowest BCUT2D eigenvalue weighted by atomic mass is 10.2. The summed E-state index contributed by atoms with van der Waals surface area (Å²) < 4.78 is 0. The number of amides is 2. The highest BCUT2D eigenvalue weighted by Gasteiger charge is 2.15. The zero-order chi connectivity index (χ0) is 18.3. The van der Waals surface area contributed by atoms with Crippen LogP contribution in [0.5, 0.6) is 0 Å². The first kappa shape index (κ1) is 19.6. The fraction of sp³-hybridized carbons (Fsp3) is 0.400. The second kappa shape index (κ2) is 8.97. The molecule has 9 heteroatoms. The number of nitro groups is 1. The molecule has 24 heavy (non-hydrogen) atoms. The summed E-state index contributed by atoms with van der Waals surface area (Å²) in [5, 5.41) is 17.2. The molecule has 0 aliphatic carbocycles. The Morgan fingerprint density at radius 1 is 1.42 bits per heavy atom. The van der Waals surface area contributed by atoms with Crippen molar-refractivity contribution in [3.63, 3.8) is 0 Å². The normalized spacial score (nSPS) is 12.4. The highest BCUT2D eigenvalue weighted by Crippen LogP contribution is 2.24. The van der Waals surface area contributed by atoms with Crippen LogP contribution in [0.15, 0.2) is 23.3 Å². The molecule has 0 fully saturated rings. The molecule has 1 rings (SSSR count). The van der Waals surface area contributed by atoms with Gasteiger partial charge in [0.05, 0.1) is 11.3 Å². The van der Waals surface area contributed by atoms with E-state index in [0.717, 1.165) is 12.5 Å². The highest BCUT2D eigenvalue weighted by molar-refractivity contribution is 6.33. The molecule has 0 bridgehead atoms. The topological polar surface area (TPSA) is 114 Å². The van der Waals surface area contributed by atoms with Gasteiger partial charge in [-0.05, 0) is 32.4 Å². The van der Waals surface area contributed by atoms with E-state index in [-0.39, 0.29) is 34.6 Å². The molecule has 0 spiro atoms. The fourth-order valence-corrected chi connectivity index (χ4v) is 1.96. The van der Waals surface area contributed by atoms with Crippen LogP contribution in [-0.4, -0.2) is 28.5 Å². The number of carbonyl (C=O) groups excluding carboxylic acids is 2. The van der Waals surface area contributed by atoms with Crippen molar-refractivity contribution in [1.29, 1.82) is 0 Å². The van der Waals surface area contributed by atoms with Gasteiger partial charge in [-0.2, -0.15) is 5.10 Å². The lowest BCUT2D eigenvalue weighted by Gasteiger charge is -2.11. The van der Waals surface area contributed by atoms with Crippen LogP contribution in [0.1, 0.15) is 44.0 Å². The maximum Gasteiger partial charge on any atom is 0.287 e. The van der Waals surface area contributed by atoms with E-state index < -0.39 is 10.8 Å². The van der Waals surface area contributed by atoms with Crippen molar-refractivity contribution in [3.05, 3.63) is 38.9 Å². The minimum absolute atomic E-state index is 0.0611. The van der Waals surface area contributed by atoms with E-state index in [1.807, 2.05) is 13.8 Å². The summed E-state index contributed by atoms with van der Waals surface area (Å²) in [6.45, 7) is 5.46. The van der Waals surface area contributed by atoms with Crippen LogP contribution in [-0.2, 0) is 4.79 Å². The van der Waals surface area contributed by atoms with E-state index in [4.69, 9.17) is 11.6 Å². The SMILES string of the molecule is CC[C@@H](C)NC(=O)C/C(C)=N\NC(=O)c1ccc([N+](=O)[O-])c(Cl)c1. The molecule has 1 aromatic carbocycles. The van der Waals surface area contributed by atoms with Gasteiger partial charge < -0.3 is 5.32 Å². The van der Waals surface area contributed by atoms with E-state index in [0.29, 0.717) is 5.71 Å². The van der Waals surface area contributed by atoms with Crippen LogP contribution < -0.4 is 10.7 Å². The second-order valence-electron chi connectivity index (χ2n) is 5.26. The molecule has 0 saturated heterocycles. The van der Waals surface area contributed by atoms with E-state index in [1.165, 1.54) is 12.1 Å². The van der Waals surface area contributed by atoms with Crippen molar-refractivity contribution in [2.45, 2.75) is 39.7 Å². The summed E-state index contributed by atoms with van der Waals surface area (Å²) >= 11 is 5.75. The zero-order valence-electron chi connectivity index (χ0n) is 13.6. The molecule has 0 unspecified atom stereocenters. The lowest BCUT2D eigenvalue weighted by molar-refractivity contribution is -0.384. The van der Waals surface area contributed by atoms with Gasteiger partial charge in [-0.25, -0.2) is 5.43 Å². The quantitative estimate of drug-likeness (QED) is 0.445. The molecule has 0 saturated carbocycles. The van der Waals surface area contributed by atoms with E-state index in [1.54, 1.807) is 6.92 Å². The third kappa shape index (κ3) is 5.96. The standard InChI is InChI=1S/C15H19ClN4O4/c1-4-9(2)17-14(21)7-10(3)18-19-15(22)11-5-6-13(20(23)24)12(16)8-11/h5-6,8-9H,4,7H2,1-3H3,(H,17,21)(H,19,22)/b18-10-/t9-/m1/s1. The summed E-state index contributed by atoms with van der Waals surface area (Å²) in [7, 11) is 0. The molecular weight excluding hydrogens is 336 g/mol. The molecule has 0 radical (unpaired) electrons. The third-order valence-electron chi connectivity index (χ3n) is 3.19. The number of carbonyl (C=O) groups is 2.